The molecular weight excluding hydrogens is 266 g/mol. The molecule has 1 nitrogen and oxygen atoms in total. The van der Waals surface area contributed by atoms with E-state index in [1.165, 1.54) is 27.8 Å². The third-order valence-corrected chi connectivity index (χ3v) is 3.66. The van der Waals surface area contributed by atoms with E-state index in [1.807, 2.05) is 25.3 Å². The molecule has 0 N–H and O–H groups in total. The Labute approximate surface area is 132 Å². The molecule has 0 radical (unpaired) electrons. The van der Waals surface area contributed by atoms with Crippen LogP contribution >= 0.6 is 0 Å². The number of rotatable bonds is 4. The van der Waals surface area contributed by atoms with E-state index in [-0.39, 0.29) is 0 Å². The first kappa shape index (κ1) is 14.3. The van der Waals surface area contributed by atoms with Crippen LogP contribution in [-0.4, -0.2) is 6.21 Å². The van der Waals surface area contributed by atoms with Crippen molar-refractivity contribution in [3.8, 4) is 22.3 Å². The number of hydrogen-bond donors (Lipinski definition) is 0. The molecule has 0 aromatic heterocycles. The van der Waals surface area contributed by atoms with E-state index in [2.05, 4.69) is 71.7 Å². The van der Waals surface area contributed by atoms with Crippen molar-refractivity contribution < 1.29 is 0 Å². The molecule has 0 saturated heterocycles. The maximum atomic E-state index is 4.39. The standard InChI is InChI=1S/C21H19N/c1-2-22-16-17-13-20(18-9-5-3-6-10-18)15-21(14-17)19-11-7-4-8-12-19/h2-15H,16H2,1H3/b22-2-. The van der Waals surface area contributed by atoms with Crippen LogP contribution in [0.2, 0.25) is 0 Å². The quantitative estimate of drug-likeness (QED) is 0.552. The Morgan fingerprint density at radius 3 is 1.64 bits per heavy atom. The Morgan fingerprint density at radius 1 is 0.682 bits per heavy atom. The van der Waals surface area contributed by atoms with Crippen LogP contribution in [0.15, 0.2) is 83.9 Å². The maximum absolute atomic E-state index is 4.39. The number of nitrogens with zero attached hydrogens (tertiary/aromatic N) is 1. The van der Waals surface area contributed by atoms with Gasteiger partial charge in [0, 0.05) is 0 Å². The molecule has 0 bridgehead atoms. The highest BCUT2D eigenvalue weighted by molar-refractivity contribution is 5.74. The predicted octanol–water partition coefficient (Wildman–Crippen LogP) is 5.61. The molecule has 0 amide bonds. The van der Waals surface area contributed by atoms with Gasteiger partial charge >= 0.3 is 0 Å². The van der Waals surface area contributed by atoms with Crippen molar-refractivity contribution >= 4 is 6.21 Å². The van der Waals surface area contributed by atoms with Crippen LogP contribution in [0.5, 0.6) is 0 Å². The summed E-state index contributed by atoms with van der Waals surface area (Å²) in [5, 5.41) is 0. The van der Waals surface area contributed by atoms with E-state index in [4.69, 9.17) is 0 Å². The normalized spacial score (nSPS) is 11.0. The molecule has 1 heteroatoms. The van der Waals surface area contributed by atoms with Crippen LogP contribution in [0, 0.1) is 0 Å². The molecule has 3 rings (SSSR count). The minimum absolute atomic E-state index is 0.719. The van der Waals surface area contributed by atoms with Crippen molar-refractivity contribution in [2.75, 3.05) is 0 Å². The summed E-state index contributed by atoms with van der Waals surface area (Å²) in [7, 11) is 0. The molecule has 0 aliphatic rings. The van der Waals surface area contributed by atoms with Gasteiger partial charge in [-0.1, -0.05) is 60.7 Å². The average molecular weight is 285 g/mol. The molecule has 22 heavy (non-hydrogen) atoms. The van der Waals surface area contributed by atoms with E-state index < -0.39 is 0 Å². The zero-order chi connectivity index (χ0) is 15.2. The Balaban J connectivity index is 2.10. The van der Waals surface area contributed by atoms with Crippen molar-refractivity contribution in [1.29, 1.82) is 0 Å². The lowest BCUT2D eigenvalue weighted by Crippen LogP contribution is -1.88. The van der Waals surface area contributed by atoms with Gasteiger partial charge in [-0.15, -0.1) is 0 Å². The highest BCUT2D eigenvalue weighted by atomic mass is 14.7. The number of aliphatic imine (C=N–C) groups is 1. The van der Waals surface area contributed by atoms with E-state index in [9.17, 15) is 0 Å². The summed E-state index contributed by atoms with van der Waals surface area (Å²) in [5.74, 6) is 0. The van der Waals surface area contributed by atoms with Gasteiger partial charge in [0.25, 0.3) is 0 Å². The highest BCUT2D eigenvalue weighted by Gasteiger charge is 2.05. The van der Waals surface area contributed by atoms with Gasteiger partial charge in [0.2, 0.25) is 0 Å². The molecule has 108 valence electrons. The largest absolute Gasteiger partial charge is 0.293 e. The van der Waals surface area contributed by atoms with E-state index in [0.29, 0.717) is 0 Å². The average Bonchev–Trinajstić information content (AvgIpc) is 2.61. The summed E-state index contributed by atoms with van der Waals surface area (Å²) in [6.07, 6.45) is 1.86. The SMILES string of the molecule is C/C=N\Cc1cc(-c2ccccc2)cc(-c2ccccc2)c1. The lowest BCUT2D eigenvalue weighted by atomic mass is 9.96. The van der Waals surface area contributed by atoms with Gasteiger partial charge in [-0.05, 0) is 59.2 Å². The summed E-state index contributed by atoms with van der Waals surface area (Å²) in [6.45, 7) is 2.68. The first-order chi connectivity index (χ1) is 10.9. The Hall–Kier alpha value is -2.67. The first-order valence-electron chi connectivity index (χ1n) is 7.56. The van der Waals surface area contributed by atoms with Gasteiger partial charge in [0.05, 0.1) is 6.54 Å². The van der Waals surface area contributed by atoms with Crippen LogP contribution in [0.25, 0.3) is 22.3 Å². The van der Waals surface area contributed by atoms with Crippen molar-refractivity contribution in [1.82, 2.24) is 0 Å². The minimum atomic E-state index is 0.719. The lowest BCUT2D eigenvalue weighted by molar-refractivity contribution is 1.08. The van der Waals surface area contributed by atoms with Gasteiger partial charge in [-0.2, -0.15) is 0 Å². The Kier molecular flexibility index (Phi) is 4.45. The second kappa shape index (κ2) is 6.86. The van der Waals surface area contributed by atoms with Crippen molar-refractivity contribution in [3.05, 3.63) is 84.4 Å². The summed E-state index contributed by atoms with van der Waals surface area (Å²) in [6, 6.07) is 27.7. The van der Waals surface area contributed by atoms with Gasteiger partial charge in [0.1, 0.15) is 0 Å². The van der Waals surface area contributed by atoms with Crippen molar-refractivity contribution in [2.45, 2.75) is 13.5 Å². The molecule has 0 aliphatic heterocycles. The molecule has 0 heterocycles. The highest BCUT2D eigenvalue weighted by Crippen LogP contribution is 2.28. The molecule has 0 atom stereocenters. The monoisotopic (exact) mass is 285 g/mol. The van der Waals surface area contributed by atoms with Crippen LogP contribution in [0.3, 0.4) is 0 Å². The summed E-state index contributed by atoms with van der Waals surface area (Å²) < 4.78 is 0. The third-order valence-electron chi connectivity index (χ3n) is 3.66. The second-order valence-electron chi connectivity index (χ2n) is 5.25. The van der Waals surface area contributed by atoms with Gasteiger partial charge < -0.3 is 0 Å². The zero-order valence-corrected chi connectivity index (χ0v) is 12.7. The molecule has 0 aliphatic carbocycles. The molecule has 0 fully saturated rings. The van der Waals surface area contributed by atoms with E-state index in [0.717, 1.165) is 6.54 Å². The topological polar surface area (TPSA) is 12.4 Å². The van der Waals surface area contributed by atoms with Gasteiger partial charge in [0.15, 0.2) is 0 Å². The van der Waals surface area contributed by atoms with E-state index in [1.54, 1.807) is 0 Å². The van der Waals surface area contributed by atoms with Gasteiger partial charge in [-0.3, -0.25) is 4.99 Å². The molecule has 3 aromatic rings. The summed E-state index contributed by atoms with van der Waals surface area (Å²) in [5.41, 5.74) is 6.19. The number of benzene rings is 3. The fourth-order valence-corrected chi connectivity index (χ4v) is 2.57. The van der Waals surface area contributed by atoms with Crippen molar-refractivity contribution in [2.24, 2.45) is 4.99 Å². The van der Waals surface area contributed by atoms with Crippen LogP contribution in [0.4, 0.5) is 0 Å². The van der Waals surface area contributed by atoms with Crippen LogP contribution in [-0.2, 0) is 6.54 Å². The van der Waals surface area contributed by atoms with Crippen LogP contribution < -0.4 is 0 Å². The summed E-state index contributed by atoms with van der Waals surface area (Å²) in [4.78, 5) is 4.39. The second-order valence-corrected chi connectivity index (χ2v) is 5.25. The zero-order valence-electron chi connectivity index (χ0n) is 12.7. The van der Waals surface area contributed by atoms with E-state index >= 15 is 0 Å². The fraction of sp³-hybridized carbons (Fsp3) is 0.0952. The minimum Gasteiger partial charge on any atom is -0.293 e. The molecule has 0 saturated carbocycles. The Bertz CT molecular complexity index is 701. The lowest BCUT2D eigenvalue weighted by Gasteiger charge is -2.09. The van der Waals surface area contributed by atoms with Crippen LogP contribution in [0.1, 0.15) is 12.5 Å². The first-order valence-corrected chi connectivity index (χ1v) is 7.56. The molecule has 3 aromatic carbocycles. The smallest absolute Gasteiger partial charge is 0.0636 e. The molecular formula is C21H19N. The molecule has 0 spiro atoms. The van der Waals surface area contributed by atoms with Gasteiger partial charge in [-0.25, -0.2) is 0 Å². The maximum Gasteiger partial charge on any atom is 0.0636 e. The predicted molar refractivity (Wildman–Crippen MR) is 95.2 cm³/mol. The number of hydrogen-bond acceptors (Lipinski definition) is 1. The molecule has 0 unspecified atom stereocenters. The van der Waals surface area contributed by atoms with Crippen molar-refractivity contribution in [3.63, 3.8) is 0 Å². The third kappa shape index (κ3) is 3.32. The fourth-order valence-electron chi connectivity index (χ4n) is 2.57. The summed E-state index contributed by atoms with van der Waals surface area (Å²) >= 11 is 0. The Morgan fingerprint density at radius 2 is 1.18 bits per heavy atom.